The Hall–Kier alpha value is -3.28. The van der Waals surface area contributed by atoms with Crippen LogP contribution in [0.3, 0.4) is 0 Å². The highest BCUT2D eigenvalue weighted by Gasteiger charge is 2.17. The number of para-hydroxylation sites is 1. The number of carbonyl (C=O) groups excluding carboxylic acids is 1. The maximum atomic E-state index is 13.1. The van der Waals surface area contributed by atoms with Crippen molar-refractivity contribution in [3.8, 4) is 0 Å². The van der Waals surface area contributed by atoms with E-state index in [-0.39, 0.29) is 18.0 Å². The summed E-state index contributed by atoms with van der Waals surface area (Å²) in [5, 5.41) is 5.21. The summed E-state index contributed by atoms with van der Waals surface area (Å²) in [4.78, 5) is 30.3. The van der Waals surface area contributed by atoms with E-state index < -0.39 is 0 Å². The normalized spacial score (nSPS) is 11.3. The van der Waals surface area contributed by atoms with Crippen molar-refractivity contribution in [2.45, 2.75) is 32.7 Å². The zero-order chi connectivity index (χ0) is 18.8. The van der Waals surface area contributed by atoms with Crippen LogP contribution in [0.5, 0.6) is 0 Å². The van der Waals surface area contributed by atoms with Gasteiger partial charge in [0.15, 0.2) is 17.3 Å². The predicted octanol–water partition coefficient (Wildman–Crippen LogP) is 3.27. The number of fused-ring (bicyclic) bond motifs is 3. The summed E-state index contributed by atoms with van der Waals surface area (Å²) in [6.07, 6.45) is 2.73. The minimum atomic E-state index is -0.344. The monoisotopic (exact) mass is 360 g/mol. The number of rotatable bonds is 6. The maximum absolute atomic E-state index is 13.1. The van der Waals surface area contributed by atoms with E-state index in [0.29, 0.717) is 22.6 Å². The van der Waals surface area contributed by atoms with Crippen LogP contribution >= 0.6 is 0 Å². The van der Waals surface area contributed by atoms with E-state index in [1.165, 1.54) is 9.08 Å². The van der Waals surface area contributed by atoms with Gasteiger partial charge in [-0.3, -0.25) is 9.36 Å². The number of nitrogens with zero attached hydrogens (tertiary/aromatic N) is 4. The molecule has 0 fully saturated rings. The second-order valence-corrected chi connectivity index (χ2v) is 6.54. The zero-order valence-corrected chi connectivity index (χ0v) is 15.1. The van der Waals surface area contributed by atoms with Gasteiger partial charge >= 0.3 is 5.69 Å². The van der Waals surface area contributed by atoms with Gasteiger partial charge in [-0.25, -0.2) is 9.78 Å². The third kappa shape index (κ3) is 3.14. The number of hydrogen-bond acceptors (Lipinski definition) is 4. The molecule has 6 nitrogen and oxygen atoms in total. The van der Waals surface area contributed by atoms with Gasteiger partial charge in [-0.05, 0) is 18.6 Å². The predicted molar refractivity (Wildman–Crippen MR) is 104 cm³/mol. The van der Waals surface area contributed by atoms with Crippen molar-refractivity contribution in [1.29, 1.82) is 0 Å². The Bertz CT molecular complexity index is 1180. The zero-order valence-electron chi connectivity index (χ0n) is 15.1. The lowest BCUT2D eigenvalue weighted by Gasteiger charge is -2.10. The molecular formula is C21H20N4O2. The quantitative estimate of drug-likeness (QED) is 0.495. The van der Waals surface area contributed by atoms with Crippen LogP contribution in [0, 0.1) is 0 Å². The van der Waals surface area contributed by atoms with E-state index >= 15 is 0 Å². The average Bonchev–Trinajstić information content (AvgIpc) is 3.15. The van der Waals surface area contributed by atoms with E-state index in [2.05, 4.69) is 17.0 Å². The third-order valence-corrected chi connectivity index (χ3v) is 4.65. The summed E-state index contributed by atoms with van der Waals surface area (Å²) in [5.41, 5.74) is 1.47. The summed E-state index contributed by atoms with van der Waals surface area (Å²) in [6.45, 7) is 2.07. The molecule has 0 N–H and O–H groups in total. The highest BCUT2D eigenvalue weighted by atomic mass is 16.2. The summed E-state index contributed by atoms with van der Waals surface area (Å²) in [5.74, 6) is 0.541. The lowest BCUT2D eigenvalue weighted by Crippen LogP contribution is -2.30. The minimum absolute atomic E-state index is 0.0382. The van der Waals surface area contributed by atoms with Crippen LogP contribution in [0.4, 0.5) is 0 Å². The molecule has 0 aliphatic rings. The van der Waals surface area contributed by atoms with Crippen molar-refractivity contribution in [1.82, 2.24) is 19.2 Å². The van der Waals surface area contributed by atoms with Gasteiger partial charge in [0, 0.05) is 17.4 Å². The lowest BCUT2D eigenvalue weighted by molar-refractivity contribution is 0.0971. The fraction of sp³-hybridized carbons (Fsp3) is 0.238. The standard InChI is InChI=1S/C21H20N4O2/c1-2-3-13-19-22-20-16-11-7-8-12-17(16)24(21(27)25(20)23-19)14-18(26)15-9-5-4-6-10-15/h4-12H,2-3,13-14H2,1H3. The smallest absolute Gasteiger partial charge is 0.292 e. The molecule has 6 heteroatoms. The largest absolute Gasteiger partial charge is 0.351 e. The number of carbonyl (C=O) groups is 1. The van der Waals surface area contributed by atoms with E-state index in [1.54, 1.807) is 12.1 Å². The van der Waals surface area contributed by atoms with Crippen LogP contribution in [0.1, 0.15) is 35.9 Å². The van der Waals surface area contributed by atoms with Gasteiger partial charge in [0.05, 0.1) is 12.1 Å². The molecule has 0 radical (unpaired) electrons. The molecule has 0 bridgehead atoms. The number of Topliss-reactive ketones (excluding diaryl/α,β-unsaturated/α-hetero) is 1. The Labute approximate surface area is 156 Å². The molecule has 2 heterocycles. The molecule has 2 aromatic heterocycles. The van der Waals surface area contributed by atoms with Crippen molar-refractivity contribution in [2.24, 2.45) is 0 Å². The molecular weight excluding hydrogens is 340 g/mol. The highest BCUT2D eigenvalue weighted by Crippen LogP contribution is 2.18. The van der Waals surface area contributed by atoms with Gasteiger partial charge < -0.3 is 0 Å². The Morgan fingerprint density at radius 3 is 2.56 bits per heavy atom. The molecule has 27 heavy (non-hydrogen) atoms. The Balaban J connectivity index is 1.87. The van der Waals surface area contributed by atoms with Crippen LogP contribution in [-0.4, -0.2) is 24.9 Å². The maximum Gasteiger partial charge on any atom is 0.351 e. The first-order valence-corrected chi connectivity index (χ1v) is 9.14. The lowest BCUT2D eigenvalue weighted by atomic mass is 10.1. The second-order valence-electron chi connectivity index (χ2n) is 6.54. The van der Waals surface area contributed by atoms with Crippen LogP contribution in [0.15, 0.2) is 59.4 Å². The Morgan fingerprint density at radius 1 is 1.04 bits per heavy atom. The Morgan fingerprint density at radius 2 is 1.78 bits per heavy atom. The molecule has 0 saturated carbocycles. The summed E-state index contributed by atoms with van der Waals surface area (Å²) >= 11 is 0. The van der Waals surface area contributed by atoms with Crippen molar-refractivity contribution in [3.63, 3.8) is 0 Å². The molecule has 0 spiro atoms. The van der Waals surface area contributed by atoms with E-state index in [9.17, 15) is 9.59 Å². The van der Waals surface area contributed by atoms with Crippen LogP contribution < -0.4 is 5.69 Å². The highest BCUT2D eigenvalue weighted by molar-refractivity contribution is 5.97. The van der Waals surface area contributed by atoms with E-state index in [0.717, 1.165) is 24.6 Å². The van der Waals surface area contributed by atoms with Crippen molar-refractivity contribution in [3.05, 3.63) is 76.5 Å². The summed E-state index contributed by atoms with van der Waals surface area (Å²) in [6, 6.07) is 16.5. The molecule has 0 saturated heterocycles. The molecule has 136 valence electrons. The molecule has 0 aliphatic carbocycles. The van der Waals surface area contributed by atoms with Gasteiger partial charge in [-0.2, -0.15) is 4.52 Å². The summed E-state index contributed by atoms with van der Waals surface area (Å²) < 4.78 is 2.81. The van der Waals surface area contributed by atoms with Crippen molar-refractivity contribution >= 4 is 22.3 Å². The fourth-order valence-corrected chi connectivity index (χ4v) is 3.23. The van der Waals surface area contributed by atoms with Crippen molar-refractivity contribution in [2.75, 3.05) is 0 Å². The number of aryl methyl sites for hydroxylation is 1. The first-order valence-electron chi connectivity index (χ1n) is 9.14. The number of ketones is 1. The average molecular weight is 360 g/mol. The molecule has 0 amide bonds. The van der Waals surface area contributed by atoms with Crippen LogP contribution in [-0.2, 0) is 13.0 Å². The first kappa shape index (κ1) is 17.1. The van der Waals surface area contributed by atoms with E-state index in [4.69, 9.17) is 0 Å². The van der Waals surface area contributed by atoms with Gasteiger partial charge in [0.1, 0.15) is 0 Å². The number of benzene rings is 2. The third-order valence-electron chi connectivity index (χ3n) is 4.65. The molecule has 4 aromatic rings. The topological polar surface area (TPSA) is 69.3 Å². The molecule has 4 rings (SSSR count). The molecule has 0 atom stereocenters. The molecule has 2 aromatic carbocycles. The SMILES string of the molecule is CCCCc1nc2c3ccccc3n(CC(=O)c3ccccc3)c(=O)n2n1. The summed E-state index contributed by atoms with van der Waals surface area (Å²) in [7, 11) is 0. The first-order chi connectivity index (χ1) is 13.2. The van der Waals surface area contributed by atoms with Gasteiger partial charge in [-0.1, -0.05) is 55.8 Å². The van der Waals surface area contributed by atoms with Gasteiger partial charge in [0.25, 0.3) is 0 Å². The van der Waals surface area contributed by atoms with Gasteiger partial charge in [-0.15, -0.1) is 5.10 Å². The number of unbranched alkanes of at least 4 members (excludes halogenated alkanes) is 1. The molecule has 0 unspecified atom stereocenters. The number of hydrogen-bond donors (Lipinski definition) is 0. The number of aromatic nitrogens is 4. The minimum Gasteiger partial charge on any atom is -0.292 e. The van der Waals surface area contributed by atoms with Crippen LogP contribution in [0.25, 0.3) is 16.6 Å². The molecule has 0 aliphatic heterocycles. The van der Waals surface area contributed by atoms with E-state index in [1.807, 2.05) is 42.5 Å². The fourth-order valence-electron chi connectivity index (χ4n) is 3.23. The van der Waals surface area contributed by atoms with Crippen molar-refractivity contribution < 1.29 is 4.79 Å². The Kier molecular flexibility index (Phi) is 4.54. The van der Waals surface area contributed by atoms with Crippen LogP contribution in [0.2, 0.25) is 0 Å². The van der Waals surface area contributed by atoms with Gasteiger partial charge in [0.2, 0.25) is 0 Å². The second kappa shape index (κ2) is 7.15.